The third-order valence-corrected chi connectivity index (χ3v) is 11.4. The Balaban J connectivity index is 1.87. The van der Waals surface area contributed by atoms with E-state index in [1.807, 2.05) is 0 Å². The smallest absolute Gasteiger partial charge is 0.243 e. The zero-order valence-corrected chi connectivity index (χ0v) is 37.9. The van der Waals surface area contributed by atoms with Crippen molar-refractivity contribution in [2.75, 3.05) is 19.6 Å². The summed E-state index contributed by atoms with van der Waals surface area (Å²) in [6.07, 6.45) is 2.50. The lowest BCUT2D eigenvalue weighted by molar-refractivity contribution is -0.141. The highest BCUT2D eigenvalue weighted by Gasteiger charge is 2.39. The van der Waals surface area contributed by atoms with E-state index in [2.05, 4.69) is 31.6 Å². The molecule has 0 aromatic heterocycles. The van der Waals surface area contributed by atoms with Crippen LogP contribution in [0.15, 0.2) is 65.7 Å². The van der Waals surface area contributed by atoms with Gasteiger partial charge in [-0.1, -0.05) is 87.4 Å². The second-order valence-corrected chi connectivity index (χ2v) is 16.6. The fourth-order valence-corrected chi connectivity index (χ4v) is 7.49. The standard InChI is InChI=1S/C45H69N13O8/c1-3-27(2)37(43(65)53-31(19-12-22-52-45(50)51)39(61)54-32(38(49)60)24-28-14-6-4-7-15-28)57-41(63)33(25-29-16-8-5-9-17-29)55-40(62)34(26-36(48)59)56-42(64)35-20-13-23-58(35)44(66)30(47)18-10-11-21-46/h4-9,14-17,27,30-35,37H,3,10-13,18-26,46-47H2,1-2H3,(H2,48,59)(H2,49,60)(H,53,65)(H,54,61)(H,55,62)(H,56,64)(H,57,63)(H4,50,51,52). The summed E-state index contributed by atoms with van der Waals surface area (Å²) in [4.78, 5) is 113. The highest BCUT2D eigenvalue weighted by Crippen LogP contribution is 2.20. The number of likely N-dealkylation sites (tertiary alicyclic amines) is 1. The number of hydrogen-bond acceptors (Lipinski definition) is 11. The highest BCUT2D eigenvalue weighted by molar-refractivity contribution is 5.98. The normalized spacial score (nSPS) is 16.5. The zero-order chi connectivity index (χ0) is 48.8. The predicted octanol–water partition coefficient (Wildman–Crippen LogP) is -2.20. The van der Waals surface area contributed by atoms with Gasteiger partial charge in [0.2, 0.25) is 47.3 Å². The Morgan fingerprint density at radius 2 is 1.26 bits per heavy atom. The van der Waals surface area contributed by atoms with Crippen LogP contribution in [0.1, 0.15) is 82.8 Å². The summed E-state index contributed by atoms with van der Waals surface area (Å²) < 4.78 is 0. The molecule has 1 fully saturated rings. The summed E-state index contributed by atoms with van der Waals surface area (Å²) in [5, 5.41) is 13.3. The summed E-state index contributed by atoms with van der Waals surface area (Å²) in [6, 6.07) is 9.23. The van der Waals surface area contributed by atoms with Gasteiger partial charge in [-0.05, 0) is 62.1 Å². The van der Waals surface area contributed by atoms with E-state index in [0.29, 0.717) is 44.2 Å². The molecule has 362 valence electrons. The minimum absolute atomic E-state index is 0.0282. The van der Waals surface area contributed by atoms with Crippen molar-refractivity contribution in [2.45, 2.75) is 127 Å². The number of unbranched alkanes of at least 4 members (excludes halogenated alkanes) is 1. The number of primary amides is 2. The average molecular weight is 920 g/mol. The molecule has 0 saturated carbocycles. The lowest BCUT2D eigenvalue weighted by atomic mass is 9.96. The first-order valence-corrected chi connectivity index (χ1v) is 22.4. The van der Waals surface area contributed by atoms with Crippen molar-refractivity contribution >= 4 is 53.2 Å². The maximum atomic E-state index is 14.3. The topological polar surface area (TPSA) is 368 Å². The largest absolute Gasteiger partial charge is 0.370 e. The molecule has 21 heteroatoms. The molecule has 2 aromatic rings. The van der Waals surface area contributed by atoms with E-state index in [9.17, 15) is 38.4 Å². The fraction of sp³-hybridized carbons (Fsp3) is 0.533. The molecule has 1 saturated heterocycles. The number of nitrogens with zero attached hydrogens (tertiary/aromatic N) is 2. The number of nitrogens with two attached hydrogens (primary N) is 6. The first-order valence-electron chi connectivity index (χ1n) is 22.4. The second-order valence-electron chi connectivity index (χ2n) is 16.6. The van der Waals surface area contributed by atoms with Crippen LogP contribution in [0.2, 0.25) is 0 Å². The van der Waals surface area contributed by atoms with Gasteiger partial charge in [0.25, 0.3) is 0 Å². The Labute approximate surface area is 385 Å². The average Bonchev–Trinajstić information content (AvgIpc) is 3.78. The maximum Gasteiger partial charge on any atom is 0.243 e. The fourth-order valence-electron chi connectivity index (χ4n) is 7.49. The molecule has 2 aromatic carbocycles. The monoisotopic (exact) mass is 920 g/mol. The van der Waals surface area contributed by atoms with Crippen LogP contribution >= 0.6 is 0 Å². The molecule has 8 unspecified atom stereocenters. The van der Waals surface area contributed by atoms with Gasteiger partial charge in [0.1, 0.15) is 36.3 Å². The Morgan fingerprint density at radius 1 is 0.697 bits per heavy atom. The van der Waals surface area contributed by atoms with Gasteiger partial charge in [0, 0.05) is 25.9 Å². The third-order valence-electron chi connectivity index (χ3n) is 11.4. The van der Waals surface area contributed by atoms with Crippen LogP contribution in [-0.4, -0.2) is 120 Å². The zero-order valence-electron chi connectivity index (χ0n) is 37.9. The molecule has 8 amide bonds. The molecule has 0 spiro atoms. The quantitative estimate of drug-likeness (QED) is 0.0246. The Kier molecular flexibility index (Phi) is 22.5. The van der Waals surface area contributed by atoms with Crippen molar-refractivity contribution < 1.29 is 38.4 Å². The number of hydrogen-bond donors (Lipinski definition) is 11. The molecular weight excluding hydrogens is 851 g/mol. The number of amides is 8. The van der Waals surface area contributed by atoms with E-state index in [0.717, 1.165) is 5.56 Å². The van der Waals surface area contributed by atoms with E-state index in [4.69, 9.17) is 34.4 Å². The van der Waals surface area contributed by atoms with E-state index in [1.165, 1.54) is 4.90 Å². The lowest BCUT2D eigenvalue weighted by Gasteiger charge is -2.30. The van der Waals surface area contributed by atoms with E-state index in [1.54, 1.807) is 74.5 Å². The highest BCUT2D eigenvalue weighted by atomic mass is 16.2. The van der Waals surface area contributed by atoms with Crippen molar-refractivity contribution in [3.63, 3.8) is 0 Å². The first-order chi connectivity index (χ1) is 31.4. The molecule has 3 rings (SSSR count). The molecule has 8 atom stereocenters. The van der Waals surface area contributed by atoms with Gasteiger partial charge < -0.3 is 65.9 Å². The van der Waals surface area contributed by atoms with Crippen molar-refractivity contribution in [1.29, 1.82) is 0 Å². The summed E-state index contributed by atoms with van der Waals surface area (Å²) in [5.41, 5.74) is 35.3. The molecule has 0 bridgehead atoms. The van der Waals surface area contributed by atoms with Gasteiger partial charge in [-0.15, -0.1) is 0 Å². The summed E-state index contributed by atoms with van der Waals surface area (Å²) in [6.45, 7) is 4.35. The number of benzene rings is 2. The minimum atomic E-state index is -1.55. The Hall–Kier alpha value is -6.61. The van der Waals surface area contributed by atoms with Crippen LogP contribution in [0.5, 0.6) is 0 Å². The van der Waals surface area contributed by atoms with Crippen LogP contribution in [0.4, 0.5) is 0 Å². The van der Waals surface area contributed by atoms with Crippen molar-refractivity contribution in [2.24, 2.45) is 45.3 Å². The van der Waals surface area contributed by atoms with Crippen LogP contribution < -0.4 is 61.0 Å². The van der Waals surface area contributed by atoms with E-state index in [-0.39, 0.29) is 51.2 Å². The number of rotatable bonds is 28. The summed E-state index contributed by atoms with van der Waals surface area (Å²) in [5.74, 6) is -6.69. The molecular formula is C45H69N13O8. The molecule has 1 aliphatic heterocycles. The number of nitrogens with one attached hydrogen (secondary N) is 5. The van der Waals surface area contributed by atoms with Gasteiger partial charge in [-0.2, -0.15) is 0 Å². The molecule has 1 aliphatic rings. The summed E-state index contributed by atoms with van der Waals surface area (Å²) >= 11 is 0. The molecule has 66 heavy (non-hydrogen) atoms. The van der Waals surface area contributed by atoms with Gasteiger partial charge in [0.15, 0.2) is 5.96 Å². The van der Waals surface area contributed by atoms with Crippen molar-refractivity contribution in [1.82, 2.24) is 31.5 Å². The molecule has 0 radical (unpaired) electrons. The van der Waals surface area contributed by atoms with Gasteiger partial charge in [0.05, 0.1) is 12.5 Å². The van der Waals surface area contributed by atoms with Crippen LogP contribution in [-0.2, 0) is 51.2 Å². The van der Waals surface area contributed by atoms with E-state index < -0.39 is 102 Å². The first kappa shape index (κ1) is 53.7. The van der Waals surface area contributed by atoms with Gasteiger partial charge in [-0.3, -0.25) is 43.3 Å². The summed E-state index contributed by atoms with van der Waals surface area (Å²) in [7, 11) is 0. The van der Waals surface area contributed by atoms with Crippen LogP contribution in [0.3, 0.4) is 0 Å². The molecule has 0 aliphatic carbocycles. The van der Waals surface area contributed by atoms with Crippen molar-refractivity contribution in [3.8, 4) is 0 Å². The Bertz CT molecular complexity index is 1970. The molecule has 1 heterocycles. The SMILES string of the molecule is CCC(C)C(NC(=O)C(Cc1ccccc1)NC(=O)C(CC(N)=O)NC(=O)C1CCCN1C(=O)C(N)CCCCN)C(=O)NC(CCCN=C(N)N)C(=O)NC(Cc1ccccc1)C(N)=O. The Morgan fingerprint density at radius 3 is 1.82 bits per heavy atom. The lowest BCUT2D eigenvalue weighted by Crippen LogP contribution is -2.61. The number of guanidine groups is 1. The second kappa shape index (κ2) is 27.7. The van der Waals surface area contributed by atoms with Gasteiger partial charge in [-0.25, -0.2) is 0 Å². The maximum absolute atomic E-state index is 14.3. The molecule has 21 nitrogen and oxygen atoms in total. The number of carbonyl (C=O) groups excluding carboxylic acids is 8. The molecule has 17 N–H and O–H groups in total. The number of aliphatic imine (C=N–C) groups is 1. The minimum Gasteiger partial charge on any atom is -0.370 e. The van der Waals surface area contributed by atoms with Gasteiger partial charge >= 0.3 is 0 Å². The van der Waals surface area contributed by atoms with Crippen molar-refractivity contribution in [3.05, 3.63) is 71.8 Å². The number of carbonyl (C=O) groups is 8. The van der Waals surface area contributed by atoms with E-state index >= 15 is 0 Å². The van der Waals surface area contributed by atoms with Crippen LogP contribution in [0.25, 0.3) is 0 Å². The van der Waals surface area contributed by atoms with Crippen LogP contribution in [0, 0.1) is 5.92 Å². The third kappa shape index (κ3) is 17.8. The predicted molar refractivity (Wildman–Crippen MR) is 248 cm³/mol.